The second-order valence-electron chi connectivity index (χ2n) is 4.83. The van der Waals surface area contributed by atoms with E-state index in [9.17, 15) is 9.59 Å². The maximum absolute atomic E-state index is 11.7. The minimum atomic E-state index is -0.0113. The van der Waals surface area contributed by atoms with Gasteiger partial charge in [-0.3, -0.25) is 9.59 Å². The van der Waals surface area contributed by atoms with Crippen molar-refractivity contribution in [3.63, 3.8) is 0 Å². The number of carbonyl (C=O) groups is 2. The van der Waals surface area contributed by atoms with Gasteiger partial charge in [-0.05, 0) is 12.8 Å². The molecule has 0 saturated carbocycles. The molecule has 7 nitrogen and oxygen atoms in total. The van der Waals surface area contributed by atoms with E-state index in [2.05, 4.69) is 10.6 Å². The van der Waals surface area contributed by atoms with Crippen molar-refractivity contribution in [3.8, 4) is 0 Å². The lowest BCUT2D eigenvalue weighted by atomic mass is 10.0. The van der Waals surface area contributed by atoms with E-state index in [4.69, 9.17) is 9.47 Å². The van der Waals surface area contributed by atoms with Crippen LogP contribution in [-0.4, -0.2) is 76.4 Å². The highest BCUT2D eigenvalue weighted by atomic mass is 16.5. The van der Waals surface area contributed by atoms with E-state index < -0.39 is 0 Å². The van der Waals surface area contributed by atoms with Crippen molar-refractivity contribution in [3.05, 3.63) is 0 Å². The molecule has 0 atom stereocenters. The normalized spacial score (nSPS) is 16.2. The van der Waals surface area contributed by atoms with Crippen molar-refractivity contribution in [1.82, 2.24) is 15.5 Å². The van der Waals surface area contributed by atoms with Gasteiger partial charge in [-0.15, -0.1) is 0 Å². The summed E-state index contributed by atoms with van der Waals surface area (Å²) in [6.45, 7) is 3.02. The average molecular weight is 287 g/mol. The molecule has 0 aromatic rings. The van der Waals surface area contributed by atoms with Crippen molar-refractivity contribution in [2.24, 2.45) is 0 Å². The fourth-order valence-corrected chi connectivity index (χ4v) is 2.14. The maximum Gasteiger partial charge on any atom is 0.248 e. The van der Waals surface area contributed by atoms with Gasteiger partial charge in [0.15, 0.2) is 0 Å². The Labute approximate surface area is 120 Å². The zero-order valence-electron chi connectivity index (χ0n) is 12.3. The first-order valence-corrected chi connectivity index (χ1v) is 6.93. The standard InChI is InChI=1S/C13H25N3O4/c1-19-8-5-14-9-12(17)15-11-3-6-16(7-4-11)13(18)10-20-2/h11,14H,3-10H2,1-2H3,(H,15,17). The van der Waals surface area contributed by atoms with Crippen molar-refractivity contribution in [1.29, 1.82) is 0 Å². The molecule has 1 aliphatic heterocycles. The molecular formula is C13H25N3O4. The Kier molecular flexibility index (Phi) is 8.17. The topological polar surface area (TPSA) is 79.9 Å². The van der Waals surface area contributed by atoms with Gasteiger partial charge in [-0.25, -0.2) is 0 Å². The summed E-state index contributed by atoms with van der Waals surface area (Å²) in [6, 6.07) is 0.151. The number of likely N-dealkylation sites (tertiary alicyclic amines) is 1. The van der Waals surface area contributed by atoms with Crippen LogP contribution >= 0.6 is 0 Å². The highest BCUT2D eigenvalue weighted by Gasteiger charge is 2.23. The number of rotatable bonds is 8. The van der Waals surface area contributed by atoms with Crippen LogP contribution in [0, 0.1) is 0 Å². The lowest BCUT2D eigenvalue weighted by Gasteiger charge is -2.32. The molecule has 0 bridgehead atoms. The van der Waals surface area contributed by atoms with E-state index in [1.165, 1.54) is 7.11 Å². The summed E-state index contributed by atoms with van der Waals surface area (Å²) in [7, 11) is 3.14. The number of nitrogens with one attached hydrogen (secondary N) is 2. The number of ether oxygens (including phenoxy) is 2. The van der Waals surface area contributed by atoms with E-state index in [-0.39, 0.29) is 24.5 Å². The molecule has 1 rings (SSSR count). The predicted molar refractivity (Wildman–Crippen MR) is 74.4 cm³/mol. The van der Waals surface area contributed by atoms with E-state index in [0.717, 1.165) is 12.8 Å². The molecule has 0 radical (unpaired) electrons. The summed E-state index contributed by atoms with van der Waals surface area (Å²) < 4.78 is 9.72. The van der Waals surface area contributed by atoms with Gasteiger partial charge >= 0.3 is 0 Å². The molecule has 2 amide bonds. The van der Waals surface area contributed by atoms with E-state index >= 15 is 0 Å². The van der Waals surface area contributed by atoms with Gasteiger partial charge in [0.1, 0.15) is 6.61 Å². The summed E-state index contributed by atoms with van der Waals surface area (Å²) >= 11 is 0. The van der Waals surface area contributed by atoms with Crippen LogP contribution in [0.2, 0.25) is 0 Å². The lowest BCUT2D eigenvalue weighted by Crippen LogP contribution is -2.49. The van der Waals surface area contributed by atoms with E-state index in [0.29, 0.717) is 32.8 Å². The van der Waals surface area contributed by atoms with Crippen LogP contribution in [-0.2, 0) is 19.1 Å². The van der Waals surface area contributed by atoms with Gasteiger partial charge in [0.05, 0.1) is 13.2 Å². The highest BCUT2D eigenvalue weighted by molar-refractivity contribution is 5.79. The second-order valence-corrected chi connectivity index (χ2v) is 4.83. The molecule has 1 fully saturated rings. The van der Waals surface area contributed by atoms with Crippen molar-refractivity contribution in [2.75, 3.05) is 53.6 Å². The number of hydrogen-bond acceptors (Lipinski definition) is 5. The minimum absolute atomic E-state index is 0.0113. The highest BCUT2D eigenvalue weighted by Crippen LogP contribution is 2.10. The molecule has 0 aromatic heterocycles. The molecular weight excluding hydrogens is 262 g/mol. The van der Waals surface area contributed by atoms with Crippen molar-refractivity contribution in [2.45, 2.75) is 18.9 Å². The minimum Gasteiger partial charge on any atom is -0.383 e. The first kappa shape index (κ1) is 16.9. The first-order chi connectivity index (χ1) is 9.67. The Morgan fingerprint density at radius 1 is 1.20 bits per heavy atom. The Morgan fingerprint density at radius 2 is 1.90 bits per heavy atom. The molecule has 0 spiro atoms. The number of methoxy groups -OCH3 is 2. The van der Waals surface area contributed by atoms with Crippen LogP contribution in [0.15, 0.2) is 0 Å². The largest absolute Gasteiger partial charge is 0.383 e. The fraction of sp³-hybridized carbons (Fsp3) is 0.846. The van der Waals surface area contributed by atoms with Crippen LogP contribution in [0.3, 0.4) is 0 Å². The van der Waals surface area contributed by atoms with Crippen LogP contribution in [0.5, 0.6) is 0 Å². The van der Waals surface area contributed by atoms with Crippen molar-refractivity contribution >= 4 is 11.8 Å². The average Bonchev–Trinajstić information content (AvgIpc) is 2.45. The summed E-state index contributed by atoms with van der Waals surface area (Å²) in [4.78, 5) is 25.1. The summed E-state index contributed by atoms with van der Waals surface area (Å²) in [5, 5.41) is 5.98. The van der Waals surface area contributed by atoms with Gasteiger partial charge in [0.25, 0.3) is 0 Å². The molecule has 2 N–H and O–H groups in total. The number of carbonyl (C=O) groups excluding carboxylic acids is 2. The predicted octanol–water partition coefficient (Wildman–Crippen LogP) is -1.02. The third-order valence-corrected chi connectivity index (χ3v) is 3.25. The van der Waals surface area contributed by atoms with Gasteiger partial charge in [0, 0.05) is 39.9 Å². The zero-order chi connectivity index (χ0) is 14.8. The number of nitrogens with zero attached hydrogens (tertiary/aromatic N) is 1. The maximum atomic E-state index is 11.7. The van der Waals surface area contributed by atoms with Crippen molar-refractivity contribution < 1.29 is 19.1 Å². The monoisotopic (exact) mass is 287 g/mol. The third-order valence-electron chi connectivity index (χ3n) is 3.25. The molecule has 116 valence electrons. The van der Waals surface area contributed by atoms with Gasteiger partial charge in [-0.1, -0.05) is 0 Å². The molecule has 1 saturated heterocycles. The Hall–Kier alpha value is -1.18. The van der Waals surface area contributed by atoms with Gasteiger partial charge < -0.3 is 25.0 Å². The van der Waals surface area contributed by atoms with E-state index in [1.807, 2.05) is 0 Å². The summed E-state index contributed by atoms with van der Waals surface area (Å²) in [6.07, 6.45) is 1.58. The van der Waals surface area contributed by atoms with Crippen LogP contribution in [0.1, 0.15) is 12.8 Å². The molecule has 7 heteroatoms. The number of piperidine rings is 1. The Balaban J connectivity index is 2.15. The molecule has 0 aromatic carbocycles. The van der Waals surface area contributed by atoms with Crippen LogP contribution < -0.4 is 10.6 Å². The zero-order valence-corrected chi connectivity index (χ0v) is 12.3. The SMILES string of the molecule is COCCNCC(=O)NC1CCN(C(=O)COC)CC1. The van der Waals surface area contributed by atoms with E-state index in [1.54, 1.807) is 12.0 Å². The molecule has 20 heavy (non-hydrogen) atoms. The molecule has 1 aliphatic rings. The quantitative estimate of drug-likeness (QED) is 0.558. The first-order valence-electron chi connectivity index (χ1n) is 6.93. The third kappa shape index (κ3) is 6.31. The van der Waals surface area contributed by atoms with Crippen LogP contribution in [0.25, 0.3) is 0 Å². The van der Waals surface area contributed by atoms with Gasteiger partial charge in [-0.2, -0.15) is 0 Å². The molecule has 0 unspecified atom stereocenters. The van der Waals surface area contributed by atoms with Crippen LogP contribution in [0.4, 0.5) is 0 Å². The number of hydrogen-bond donors (Lipinski definition) is 2. The molecule has 1 heterocycles. The summed E-state index contributed by atoms with van der Waals surface area (Å²) in [5.41, 5.74) is 0. The Bertz CT molecular complexity index is 304. The van der Waals surface area contributed by atoms with Gasteiger partial charge in [0.2, 0.25) is 11.8 Å². The summed E-state index contributed by atoms with van der Waals surface area (Å²) in [5.74, 6) is 0.00119. The number of amides is 2. The second kappa shape index (κ2) is 9.68. The lowest BCUT2D eigenvalue weighted by molar-refractivity contribution is -0.136. The smallest absolute Gasteiger partial charge is 0.248 e. The molecule has 0 aliphatic carbocycles. The fourth-order valence-electron chi connectivity index (χ4n) is 2.14. The Morgan fingerprint density at radius 3 is 2.50 bits per heavy atom.